The van der Waals surface area contributed by atoms with Gasteiger partial charge in [0.2, 0.25) is 16.5 Å². The maximum absolute atomic E-state index is 5.80. The monoisotopic (exact) mass is 311 g/mol. The van der Waals surface area contributed by atoms with Crippen molar-refractivity contribution < 1.29 is 0 Å². The first-order chi connectivity index (χ1) is 9.69. The summed E-state index contributed by atoms with van der Waals surface area (Å²) in [5.74, 6) is 0.521. The molecule has 2 aromatic heterocycles. The maximum atomic E-state index is 5.80. The molecule has 0 aliphatic heterocycles. The molecule has 7 heteroatoms. The fourth-order valence-electron chi connectivity index (χ4n) is 1.88. The zero-order chi connectivity index (χ0) is 14.4. The highest BCUT2D eigenvalue weighted by atomic mass is 35.5. The van der Waals surface area contributed by atoms with Crippen molar-refractivity contribution in [2.45, 2.75) is 19.8 Å². The lowest BCUT2D eigenvalue weighted by atomic mass is 10.1. The summed E-state index contributed by atoms with van der Waals surface area (Å²) in [6.45, 7) is 3.65. The van der Waals surface area contributed by atoms with Gasteiger partial charge in [-0.1, -0.05) is 0 Å². The number of aromatic nitrogens is 4. The first-order valence-corrected chi connectivity index (χ1v) is 7.15. The van der Waals surface area contributed by atoms with Gasteiger partial charge in [-0.05, 0) is 60.7 Å². The third-order valence-electron chi connectivity index (χ3n) is 2.88. The van der Waals surface area contributed by atoms with Crippen LogP contribution in [0.2, 0.25) is 10.6 Å². The van der Waals surface area contributed by atoms with E-state index in [0.717, 1.165) is 25.9 Å². The van der Waals surface area contributed by atoms with E-state index < -0.39 is 0 Å². The van der Waals surface area contributed by atoms with Crippen LogP contribution in [0.4, 0.5) is 5.95 Å². The van der Waals surface area contributed by atoms with Gasteiger partial charge in [-0.2, -0.15) is 15.0 Å². The molecule has 2 aromatic rings. The molecule has 20 heavy (non-hydrogen) atoms. The predicted molar refractivity (Wildman–Crippen MR) is 80.3 cm³/mol. The average Bonchev–Trinajstić information content (AvgIpc) is 2.43. The molecule has 0 spiro atoms. The van der Waals surface area contributed by atoms with Crippen LogP contribution in [0, 0.1) is 0 Å². The quantitative estimate of drug-likeness (QED) is 0.820. The second-order valence-corrected chi connectivity index (χ2v) is 4.89. The molecule has 0 aliphatic carbocycles. The Kier molecular flexibility index (Phi) is 5.49. The summed E-state index contributed by atoms with van der Waals surface area (Å²) in [5.41, 5.74) is 1.27. The smallest absolute Gasteiger partial charge is 0.230 e. The largest absolute Gasteiger partial charge is 0.341 e. The van der Waals surface area contributed by atoms with Gasteiger partial charge in [0.05, 0.1) is 0 Å². The van der Waals surface area contributed by atoms with E-state index in [0.29, 0.717) is 5.95 Å². The lowest BCUT2D eigenvalue weighted by Gasteiger charge is -2.20. The minimum Gasteiger partial charge on any atom is -0.341 e. The van der Waals surface area contributed by atoms with E-state index in [1.54, 1.807) is 12.4 Å². The highest BCUT2D eigenvalue weighted by molar-refractivity contribution is 6.31. The highest BCUT2D eigenvalue weighted by Crippen LogP contribution is 2.14. The number of aryl methyl sites for hydroxylation is 1. The van der Waals surface area contributed by atoms with Crippen LogP contribution in [0.3, 0.4) is 0 Å². The number of nitrogens with zero attached hydrogens (tertiary/aromatic N) is 5. The van der Waals surface area contributed by atoms with E-state index in [1.807, 2.05) is 24.0 Å². The third kappa shape index (κ3) is 4.28. The molecule has 0 radical (unpaired) electrons. The van der Waals surface area contributed by atoms with Gasteiger partial charge in [-0.3, -0.25) is 4.98 Å². The Hall–Kier alpha value is -1.46. The summed E-state index contributed by atoms with van der Waals surface area (Å²) < 4.78 is 0. The zero-order valence-electron chi connectivity index (χ0n) is 11.1. The molecule has 0 aliphatic rings. The van der Waals surface area contributed by atoms with Crippen LogP contribution in [0.1, 0.15) is 18.9 Å². The molecule has 106 valence electrons. The Morgan fingerprint density at radius 1 is 1.05 bits per heavy atom. The first-order valence-electron chi connectivity index (χ1n) is 6.40. The van der Waals surface area contributed by atoms with Crippen LogP contribution < -0.4 is 4.90 Å². The zero-order valence-corrected chi connectivity index (χ0v) is 12.6. The minimum absolute atomic E-state index is 0.118. The summed E-state index contributed by atoms with van der Waals surface area (Å²) in [5, 5.41) is 0.236. The highest BCUT2D eigenvalue weighted by Gasteiger charge is 2.10. The maximum Gasteiger partial charge on any atom is 0.230 e. The van der Waals surface area contributed by atoms with Gasteiger partial charge < -0.3 is 4.90 Å². The first kappa shape index (κ1) is 14.9. The second-order valence-electron chi connectivity index (χ2n) is 4.21. The molecule has 2 heterocycles. The Morgan fingerprint density at radius 2 is 1.70 bits per heavy atom. The van der Waals surface area contributed by atoms with Crippen molar-refractivity contribution in [1.82, 2.24) is 19.9 Å². The van der Waals surface area contributed by atoms with E-state index >= 15 is 0 Å². The summed E-state index contributed by atoms with van der Waals surface area (Å²) in [6, 6.07) is 4.04. The van der Waals surface area contributed by atoms with Crippen molar-refractivity contribution in [1.29, 1.82) is 0 Å². The van der Waals surface area contributed by atoms with Crippen LogP contribution in [0.15, 0.2) is 24.5 Å². The van der Waals surface area contributed by atoms with Crippen LogP contribution in [0.25, 0.3) is 0 Å². The second kappa shape index (κ2) is 7.36. The van der Waals surface area contributed by atoms with Gasteiger partial charge in [0.15, 0.2) is 0 Å². The van der Waals surface area contributed by atoms with E-state index in [-0.39, 0.29) is 10.6 Å². The number of hydrogen-bond donors (Lipinski definition) is 0. The molecular weight excluding hydrogens is 297 g/mol. The summed E-state index contributed by atoms with van der Waals surface area (Å²) in [7, 11) is 0. The fraction of sp³-hybridized carbons (Fsp3) is 0.385. The lowest BCUT2D eigenvalue weighted by molar-refractivity contribution is 0.722. The van der Waals surface area contributed by atoms with E-state index in [9.17, 15) is 0 Å². The average molecular weight is 312 g/mol. The molecule has 0 amide bonds. The Morgan fingerprint density at radius 3 is 2.30 bits per heavy atom. The van der Waals surface area contributed by atoms with Gasteiger partial charge in [0.1, 0.15) is 0 Å². The molecule has 0 bridgehead atoms. The number of rotatable bonds is 6. The topological polar surface area (TPSA) is 54.8 Å². The molecule has 0 fully saturated rings. The number of halogens is 2. The van der Waals surface area contributed by atoms with Crippen LogP contribution in [-0.2, 0) is 6.42 Å². The van der Waals surface area contributed by atoms with Crippen LogP contribution in [-0.4, -0.2) is 33.0 Å². The molecular formula is C13H15Cl2N5. The summed E-state index contributed by atoms with van der Waals surface area (Å²) in [4.78, 5) is 18.0. The van der Waals surface area contributed by atoms with Crippen molar-refractivity contribution in [3.63, 3.8) is 0 Å². The van der Waals surface area contributed by atoms with E-state index in [4.69, 9.17) is 23.2 Å². The van der Waals surface area contributed by atoms with Gasteiger partial charge in [-0.15, -0.1) is 0 Å². The molecule has 0 saturated carbocycles. The summed E-state index contributed by atoms with van der Waals surface area (Å²) in [6.07, 6.45) is 5.57. The van der Waals surface area contributed by atoms with Crippen LogP contribution in [0.5, 0.6) is 0 Å². The Balaban J connectivity index is 1.95. The molecule has 5 nitrogen and oxygen atoms in total. The number of pyridine rings is 1. The standard InChI is InChI=1S/C13H15Cl2N5/c1-2-20(13-18-11(14)17-12(15)19-13)9-3-4-10-5-7-16-8-6-10/h5-8H,2-4,9H2,1H3. The Labute approximate surface area is 128 Å². The lowest BCUT2D eigenvalue weighted by Crippen LogP contribution is -2.26. The molecule has 0 saturated heterocycles. The van der Waals surface area contributed by atoms with Gasteiger partial charge in [0, 0.05) is 25.5 Å². The molecule has 2 rings (SSSR count). The van der Waals surface area contributed by atoms with Crippen molar-refractivity contribution in [2.75, 3.05) is 18.0 Å². The number of hydrogen-bond acceptors (Lipinski definition) is 5. The number of anilines is 1. The van der Waals surface area contributed by atoms with Crippen molar-refractivity contribution in [2.24, 2.45) is 0 Å². The van der Waals surface area contributed by atoms with Crippen LogP contribution >= 0.6 is 23.2 Å². The summed E-state index contributed by atoms with van der Waals surface area (Å²) >= 11 is 11.6. The third-order valence-corrected chi connectivity index (χ3v) is 3.21. The van der Waals surface area contributed by atoms with Gasteiger partial charge >= 0.3 is 0 Å². The Bertz CT molecular complexity index is 529. The molecule has 0 atom stereocenters. The van der Waals surface area contributed by atoms with Gasteiger partial charge in [-0.25, -0.2) is 0 Å². The molecule has 0 aromatic carbocycles. The minimum atomic E-state index is 0.118. The van der Waals surface area contributed by atoms with Gasteiger partial charge in [0.25, 0.3) is 0 Å². The van der Waals surface area contributed by atoms with Crippen molar-refractivity contribution >= 4 is 29.2 Å². The predicted octanol–water partition coefficient (Wildman–Crippen LogP) is 3.03. The van der Waals surface area contributed by atoms with E-state index in [2.05, 4.69) is 19.9 Å². The molecule has 0 unspecified atom stereocenters. The van der Waals surface area contributed by atoms with Crippen molar-refractivity contribution in [3.05, 3.63) is 40.7 Å². The molecule has 0 N–H and O–H groups in total. The SMILES string of the molecule is CCN(CCCc1ccncc1)c1nc(Cl)nc(Cl)n1. The van der Waals surface area contributed by atoms with Crippen molar-refractivity contribution in [3.8, 4) is 0 Å². The normalized spacial score (nSPS) is 10.6. The fourth-order valence-corrected chi connectivity index (χ4v) is 2.24. The van der Waals surface area contributed by atoms with E-state index in [1.165, 1.54) is 5.56 Å².